The van der Waals surface area contributed by atoms with Gasteiger partial charge in [-0.05, 0) is 29.7 Å². The number of fused-ring (bicyclic) bond motifs is 1. The topological polar surface area (TPSA) is 49.8 Å². The van der Waals surface area contributed by atoms with Crippen molar-refractivity contribution in [1.82, 2.24) is 4.90 Å². The molecule has 0 bridgehead atoms. The molecule has 22 heavy (non-hydrogen) atoms. The summed E-state index contributed by atoms with van der Waals surface area (Å²) in [5.74, 6) is 0.221. The van der Waals surface area contributed by atoms with E-state index in [4.69, 9.17) is 4.74 Å². The lowest BCUT2D eigenvalue weighted by Gasteiger charge is -2.29. The molecule has 2 aromatic carbocycles. The summed E-state index contributed by atoms with van der Waals surface area (Å²) in [7, 11) is 0. The average molecular weight is 362 g/mol. The van der Waals surface area contributed by atoms with E-state index >= 15 is 0 Å². The van der Waals surface area contributed by atoms with Gasteiger partial charge in [-0.2, -0.15) is 0 Å². The van der Waals surface area contributed by atoms with Crippen LogP contribution in [0.4, 0.5) is 4.79 Å². The first-order valence-corrected chi connectivity index (χ1v) is 7.89. The van der Waals surface area contributed by atoms with Gasteiger partial charge in [-0.1, -0.05) is 46.3 Å². The molecule has 1 aliphatic rings. The first-order chi connectivity index (χ1) is 10.6. The van der Waals surface area contributed by atoms with Gasteiger partial charge in [-0.15, -0.1) is 0 Å². The van der Waals surface area contributed by atoms with Crippen LogP contribution in [0, 0.1) is 0 Å². The Hall–Kier alpha value is -2.01. The summed E-state index contributed by atoms with van der Waals surface area (Å²) in [5, 5.41) is 9.99. The predicted octanol–water partition coefficient (Wildman–Crippen LogP) is 3.85. The van der Waals surface area contributed by atoms with Crippen molar-refractivity contribution in [1.29, 1.82) is 0 Å². The van der Waals surface area contributed by atoms with Gasteiger partial charge in [0.25, 0.3) is 0 Å². The molecule has 2 aromatic rings. The van der Waals surface area contributed by atoms with E-state index in [1.807, 2.05) is 36.4 Å². The number of phenols is 1. The highest BCUT2D eigenvalue weighted by molar-refractivity contribution is 9.10. The number of nitrogens with zero attached hydrogens (tertiary/aromatic N) is 1. The monoisotopic (exact) mass is 361 g/mol. The molecule has 0 saturated carbocycles. The first kappa shape index (κ1) is 14.9. The van der Waals surface area contributed by atoms with E-state index < -0.39 is 0 Å². The molecule has 0 atom stereocenters. The van der Waals surface area contributed by atoms with Crippen molar-refractivity contribution in [3.63, 3.8) is 0 Å². The van der Waals surface area contributed by atoms with E-state index in [1.165, 1.54) is 0 Å². The Labute approximate surface area is 137 Å². The zero-order valence-corrected chi connectivity index (χ0v) is 13.5. The van der Waals surface area contributed by atoms with E-state index in [9.17, 15) is 9.90 Å². The molecule has 1 amide bonds. The van der Waals surface area contributed by atoms with E-state index in [-0.39, 0.29) is 18.4 Å². The Morgan fingerprint density at radius 2 is 1.95 bits per heavy atom. The molecule has 0 saturated heterocycles. The number of amides is 1. The van der Waals surface area contributed by atoms with E-state index in [2.05, 4.69) is 15.9 Å². The van der Waals surface area contributed by atoms with Gasteiger partial charge in [0, 0.05) is 16.6 Å². The molecule has 0 spiro atoms. The van der Waals surface area contributed by atoms with Gasteiger partial charge >= 0.3 is 6.09 Å². The standard InChI is InChI=1S/C17H16BrNO3/c18-15-6-7-16(20)14-10-19(9-8-13(14)15)17(21)22-11-12-4-2-1-3-5-12/h1-7,20H,8-11H2. The summed E-state index contributed by atoms with van der Waals surface area (Å²) in [6.45, 7) is 1.21. The van der Waals surface area contributed by atoms with Crippen LogP contribution < -0.4 is 0 Å². The number of halogens is 1. The molecule has 1 heterocycles. The molecular weight excluding hydrogens is 346 g/mol. The Morgan fingerprint density at radius 3 is 2.73 bits per heavy atom. The summed E-state index contributed by atoms with van der Waals surface area (Å²) in [6, 6.07) is 13.1. The van der Waals surface area contributed by atoms with Crippen molar-refractivity contribution < 1.29 is 14.6 Å². The van der Waals surface area contributed by atoms with Crippen molar-refractivity contribution >= 4 is 22.0 Å². The van der Waals surface area contributed by atoms with Crippen molar-refractivity contribution in [2.45, 2.75) is 19.6 Å². The molecule has 0 aliphatic carbocycles. The molecule has 0 fully saturated rings. The van der Waals surface area contributed by atoms with Crippen molar-refractivity contribution in [3.8, 4) is 5.75 Å². The molecule has 1 aliphatic heterocycles. The fraction of sp³-hybridized carbons (Fsp3) is 0.235. The number of hydrogen-bond donors (Lipinski definition) is 1. The third kappa shape index (κ3) is 3.09. The van der Waals surface area contributed by atoms with Crippen molar-refractivity contribution in [2.75, 3.05) is 6.54 Å². The van der Waals surface area contributed by atoms with Crippen molar-refractivity contribution in [2.24, 2.45) is 0 Å². The average Bonchev–Trinajstić information content (AvgIpc) is 2.57. The highest BCUT2D eigenvalue weighted by Gasteiger charge is 2.25. The molecule has 0 radical (unpaired) electrons. The first-order valence-electron chi connectivity index (χ1n) is 7.10. The van der Waals surface area contributed by atoms with Gasteiger partial charge in [0.2, 0.25) is 0 Å². The zero-order chi connectivity index (χ0) is 15.5. The largest absolute Gasteiger partial charge is 0.508 e. The molecule has 114 valence electrons. The lowest BCUT2D eigenvalue weighted by molar-refractivity contribution is 0.0915. The Bertz CT molecular complexity index is 688. The summed E-state index contributed by atoms with van der Waals surface area (Å²) in [5.41, 5.74) is 2.81. The fourth-order valence-electron chi connectivity index (χ4n) is 2.58. The van der Waals surface area contributed by atoms with Crippen LogP contribution in [0.25, 0.3) is 0 Å². The number of aromatic hydroxyl groups is 1. The third-order valence-electron chi connectivity index (χ3n) is 3.79. The maximum absolute atomic E-state index is 12.2. The Kier molecular flexibility index (Phi) is 4.34. The van der Waals surface area contributed by atoms with Gasteiger partial charge in [-0.25, -0.2) is 4.79 Å². The van der Waals surface area contributed by atoms with Gasteiger partial charge in [0.1, 0.15) is 12.4 Å². The number of carbonyl (C=O) groups is 1. The summed E-state index contributed by atoms with van der Waals surface area (Å²) in [4.78, 5) is 13.8. The fourth-order valence-corrected chi connectivity index (χ4v) is 3.15. The van der Waals surface area contributed by atoms with E-state index in [0.29, 0.717) is 19.5 Å². The Balaban J connectivity index is 1.67. The zero-order valence-electron chi connectivity index (χ0n) is 12.0. The number of hydrogen-bond acceptors (Lipinski definition) is 3. The van der Waals surface area contributed by atoms with Gasteiger partial charge < -0.3 is 14.7 Å². The molecule has 3 rings (SSSR count). The minimum Gasteiger partial charge on any atom is -0.508 e. The third-order valence-corrected chi connectivity index (χ3v) is 4.54. The maximum Gasteiger partial charge on any atom is 0.410 e. The van der Waals surface area contributed by atoms with Crippen LogP contribution >= 0.6 is 15.9 Å². The van der Waals surface area contributed by atoms with Crippen LogP contribution in [0.3, 0.4) is 0 Å². The number of phenolic OH excluding ortho intramolecular Hbond substituents is 1. The number of carbonyl (C=O) groups excluding carboxylic acids is 1. The summed E-state index contributed by atoms with van der Waals surface area (Å²) >= 11 is 3.49. The smallest absolute Gasteiger partial charge is 0.410 e. The highest BCUT2D eigenvalue weighted by atomic mass is 79.9. The van der Waals surface area contributed by atoms with Crippen LogP contribution in [0.15, 0.2) is 46.9 Å². The Morgan fingerprint density at radius 1 is 1.18 bits per heavy atom. The van der Waals surface area contributed by atoms with Crippen LogP contribution in [-0.4, -0.2) is 22.6 Å². The SMILES string of the molecule is O=C(OCc1ccccc1)N1CCc2c(Br)ccc(O)c2C1. The highest BCUT2D eigenvalue weighted by Crippen LogP contribution is 2.32. The van der Waals surface area contributed by atoms with Gasteiger partial charge in [0.05, 0.1) is 6.54 Å². The van der Waals surface area contributed by atoms with Gasteiger partial charge in [0.15, 0.2) is 0 Å². The number of rotatable bonds is 2. The van der Waals surface area contributed by atoms with E-state index in [1.54, 1.807) is 11.0 Å². The molecule has 5 heteroatoms. The quantitative estimate of drug-likeness (QED) is 0.883. The van der Waals surface area contributed by atoms with Crippen LogP contribution in [0.2, 0.25) is 0 Å². The normalized spacial score (nSPS) is 13.6. The number of ether oxygens (including phenoxy) is 1. The summed E-state index contributed by atoms with van der Waals surface area (Å²) in [6.07, 6.45) is 0.346. The molecule has 1 N–H and O–H groups in total. The van der Waals surface area contributed by atoms with E-state index in [0.717, 1.165) is 21.2 Å². The summed E-state index contributed by atoms with van der Waals surface area (Å²) < 4.78 is 6.32. The predicted molar refractivity (Wildman–Crippen MR) is 86.5 cm³/mol. The number of benzene rings is 2. The second-order valence-electron chi connectivity index (χ2n) is 5.24. The molecule has 4 nitrogen and oxygen atoms in total. The van der Waals surface area contributed by atoms with Crippen molar-refractivity contribution in [3.05, 3.63) is 63.6 Å². The lowest BCUT2D eigenvalue weighted by atomic mass is 9.99. The molecular formula is C17H16BrNO3. The van der Waals surface area contributed by atoms with Crippen LogP contribution in [-0.2, 0) is 24.3 Å². The second-order valence-corrected chi connectivity index (χ2v) is 6.09. The molecule has 0 aromatic heterocycles. The van der Waals surface area contributed by atoms with Crippen LogP contribution in [0.1, 0.15) is 16.7 Å². The minimum absolute atomic E-state index is 0.221. The van der Waals surface area contributed by atoms with Gasteiger partial charge in [-0.3, -0.25) is 0 Å². The van der Waals surface area contributed by atoms with Crippen LogP contribution in [0.5, 0.6) is 5.75 Å². The lowest BCUT2D eigenvalue weighted by Crippen LogP contribution is -2.36. The molecule has 0 unspecified atom stereocenters. The second kappa shape index (κ2) is 6.40. The maximum atomic E-state index is 12.2. The minimum atomic E-state index is -0.353.